The maximum atomic E-state index is 12.5. The van der Waals surface area contributed by atoms with E-state index in [4.69, 9.17) is 0 Å². The summed E-state index contributed by atoms with van der Waals surface area (Å²) in [6.07, 6.45) is 0.840. The number of carbonyl (C=O) groups is 2. The first kappa shape index (κ1) is 14.5. The second kappa shape index (κ2) is 5.63. The highest BCUT2D eigenvalue weighted by Crippen LogP contribution is 2.37. The lowest BCUT2D eigenvalue weighted by Gasteiger charge is -2.16. The lowest BCUT2D eigenvalue weighted by Crippen LogP contribution is -2.17. The Morgan fingerprint density at radius 3 is 2.30 bits per heavy atom. The highest BCUT2D eigenvalue weighted by Gasteiger charge is 2.42. The van der Waals surface area contributed by atoms with E-state index in [1.165, 1.54) is 0 Å². The van der Waals surface area contributed by atoms with E-state index in [0.29, 0.717) is 12.8 Å². The molecule has 20 heavy (non-hydrogen) atoms. The van der Waals surface area contributed by atoms with Crippen LogP contribution >= 0.6 is 0 Å². The minimum absolute atomic E-state index is 0.0489. The van der Waals surface area contributed by atoms with Crippen molar-refractivity contribution < 1.29 is 9.59 Å². The second-order valence-electron chi connectivity index (χ2n) is 5.65. The lowest BCUT2D eigenvalue weighted by atomic mass is 9.86. The molecule has 2 heteroatoms. The molecule has 2 atom stereocenters. The molecule has 0 radical (unpaired) electrons. The highest BCUT2D eigenvalue weighted by molar-refractivity contribution is 6.15. The lowest BCUT2D eigenvalue weighted by molar-refractivity contribution is -0.124. The van der Waals surface area contributed by atoms with Crippen LogP contribution in [-0.2, 0) is 9.59 Å². The van der Waals surface area contributed by atoms with Crippen molar-refractivity contribution in [1.29, 1.82) is 0 Å². The van der Waals surface area contributed by atoms with Crippen molar-refractivity contribution in [3.8, 4) is 11.8 Å². The summed E-state index contributed by atoms with van der Waals surface area (Å²) in [6, 6.07) is 4.09. The van der Waals surface area contributed by atoms with Crippen molar-refractivity contribution in [2.45, 2.75) is 46.5 Å². The van der Waals surface area contributed by atoms with Crippen LogP contribution in [0, 0.1) is 38.5 Å². The van der Waals surface area contributed by atoms with Gasteiger partial charge in [-0.2, -0.15) is 0 Å². The summed E-state index contributed by atoms with van der Waals surface area (Å²) in [5, 5.41) is 0. The van der Waals surface area contributed by atoms with Crippen molar-refractivity contribution in [3.05, 3.63) is 34.4 Å². The molecular formula is C18H20O2. The number of rotatable bonds is 2. The molecule has 0 N–H and O–H groups in total. The fourth-order valence-electron chi connectivity index (χ4n) is 3.20. The van der Waals surface area contributed by atoms with Crippen molar-refractivity contribution in [2.24, 2.45) is 5.92 Å². The average molecular weight is 268 g/mol. The quantitative estimate of drug-likeness (QED) is 0.609. The molecule has 0 aromatic heterocycles. The van der Waals surface area contributed by atoms with Gasteiger partial charge in [-0.1, -0.05) is 17.7 Å². The second-order valence-corrected chi connectivity index (χ2v) is 5.65. The Hall–Kier alpha value is -1.88. The Bertz CT molecular complexity index is 606. The van der Waals surface area contributed by atoms with Crippen LogP contribution in [0.1, 0.15) is 47.9 Å². The number of benzene rings is 1. The van der Waals surface area contributed by atoms with Crippen LogP contribution in [0.3, 0.4) is 0 Å². The molecule has 0 amide bonds. The molecule has 0 saturated heterocycles. The molecule has 1 saturated carbocycles. The predicted molar refractivity (Wildman–Crippen MR) is 79.6 cm³/mol. The van der Waals surface area contributed by atoms with E-state index in [1.54, 1.807) is 6.92 Å². The Labute approximate surface area is 120 Å². The van der Waals surface area contributed by atoms with Crippen LogP contribution in [0.5, 0.6) is 0 Å². The molecule has 0 spiro atoms. The van der Waals surface area contributed by atoms with Gasteiger partial charge < -0.3 is 0 Å². The standard InChI is InChI=1S/C18H20O2/c1-5-6-7-14-10-15(19)17(18(14)20)16-12(3)8-11(2)9-13(16)4/h8-9,14,17H,7,10H2,1-4H3. The topological polar surface area (TPSA) is 34.1 Å². The van der Waals surface area contributed by atoms with Gasteiger partial charge in [-0.25, -0.2) is 0 Å². The van der Waals surface area contributed by atoms with Gasteiger partial charge in [0, 0.05) is 18.8 Å². The molecule has 104 valence electrons. The zero-order valence-electron chi connectivity index (χ0n) is 12.5. The molecule has 2 nitrogen and oxygen atoms in total. The van der Waals surface area contributed by atoms with E-state index in [1.807, 2.05) is 32.9 Å². The summed E-state index contributed by atoms with van der Waals surface area (Å²) in [5.41, 5.74) is 4.15. The fourth-order valence-corrected chi connectivity index (χ4v) is 3.20. The summed E-state index contributed by atoms with van der Waals surface area (Å²) in [6.45, 7) is 7.75. The smallest absolute Gasteiger partial charge is 0.152 e. The molecule has 2 rings (SSSR count). The molecular weight excluding hydrogens is 248 g/mol. The van der Waals surface area contributed by atoms with Gasteiger partial charge in [0.25, 0.3) is 0 Å². The molecule has 1 fully saturated rings. The van der Waals surface area contributed by atoms with E-state index < -0.39 is 5.92 Å². The van der Waals surface area contributed by atoms with E-state index in [0.717, 1.165) is 22.3 Å². The third-order valence-corrected chi connectivity index (χ3v) is 4.01. The monoisotopic (exact) mass is 268 g/mol. The molecule has 0 heterocycles. The Kier molecular flexibility index (Phi) is 4.09. The number of hydrogen-bond acceptors (Lipinski definition) is 2. The van der Waals surface area contributed by atoms with Crippen LogP contribution in [0.2, 0.25) is 0 Å². The van der Waals surface area contributed by atoms with Crippen LogP contribution in [0.4, 0.5) is 0 Å². The maximum Gasteiger partial charge on any atom is 0.152 e. The van der Waals surface area contributed by atoms with Crippen molar-refractivity contribution in [3.63, 3.8) is 0 Å². The Morgan fingerprint density at radius 2 is 1.75 bits per heavy atom. The largest absolute Gasteiger partial charge is 0.298 e. The SMILES string of the molecule is CC#CCC1CC(=O)C(c2c(C)cc(C)cc2C)C1=O. The van der Waals surface area contributed by atoms with Gasteiger partial charge in [0.2, 0.25) is 0 Å². The molecule has 0 bridgehead atoms. The number of ketones is 2. The molecule has 2 unspecified atom stereocenters. The number of aryl methyl sites for hydroxylation is 3. The van der Waals surface area contributed by atoms with Crippen LogP contribution < -0.4 is 0 Å². The fraction of sp³-hybridized carbons (Fsp3) is 0.444. The first-order valence-electron chi connectivity index (χ1n) is 6.99. The number of carbonyl (C=O) groups excluding carboxylic acids is 2. The van der Waals surface area contributed by atoms with Gasteiger partial charge in [-0.05, 0) is 44.4 Å². The molecule has 1 aliphatic carbocycles. The van der Waals surface area contributed by atoms with Gasteiger partial charge in [0.15, 0.2) is 5.78 Å². The van der Waals surface area contributed by atoms with Crippen molar-refractivity contribution in [2.75, 3.05) is 0 Å². The Morgan fingerprint density at radius 1 is 1.15 bits per heavy atom. The molecule has 1 aromatic rings. The summed E-state index contributed by atoms with van der Waals surface area (Å²) >= 11 is 0. The van der Waals surface area contributed by atoms with Crippen LogP contribution in [0.15, 0.2) is 12.1 Å². The first-order chi connectivity index (χ1) is 9.45. The summed E-state index contributed by atoms with van der Waals surface area (Å²) in [4.78, 5) is 24.8. The third kappa shape index (κ3) is 2.54. The van der Waals surface area contributed by atoms with Crippen molar-refractivity contribution in [1.82, 2.24) is 0 Å². The van der Waals surface area contributed by atoms with Crippen molar-refractivity contribution >= 4 is 11.6 Å². The van der Waals surface area contributed by atoms with Gasteiger partial charge >= 0.3 is 0 Å². The average Bonchev–Trinajstić information content (AvgIpc) is 2.63. The van der Waals surface area contributed by atoms with E-state index in [9.17, 15) is 9.59 Å². The van der Waals surface area contributed by atoms with Gasteiger partial charge in [-0.15, -0.1) is 11.8 Å². The van der Waals surface area contributed by atoms with E-state index in [-0.39, 0.29) is 17.5 Å². The third-order valence-electron chi connectivity index (χ3n) is 4.01. The molecule has 0 aliphatic heterocycles. The van der Waals surface area contributed by atoms with E-state index >= 15 is 0 Å². The number of hydrogen-bond donors (Lipinski definition) is 0. The Balaban J connectivity index is 2.40. The van der Waals surface area contributed by atoms with Gasteiger partial charge in [-0.3, -0.25) is 9.59 Å². The summed E-state index contributed by atoms with van der Waals surface area (Å²) < 4.78 is 0. The normalized spacial score (nSPS) is 21.8. The molecule has 1 aromatic carbocycles. The summed E-state index contributed by atoms with van der Waals surface area (Å²) in [5.74, 6) is 5.04. The molecule has 1 aliphatic rings. The highest BCUT2D eigenvalue weighted by atomic mass is 16.2. The van der Waals surface area contributed by atoms with E-state index in [2.05, 4.69) is 11.8 Å². The first-order valence-corrected chi connectivity index (χ1v) is 6.99. The summed E-state index contributed by atoms with van der Waals surface area (Å²) in [7, 11) is 0. The minimum Gasteiger partial charge on any atom is -0.298 e. The minimum atomic E-state index is -0.570. The van der Waals surface area contributed by atoms with Gasteiger partial charge in [0.1, 0.15) is 11.7 Å². The zero-order chi connectivity index (χ0) is 14.9. The van der Waals surface area contributed by atoms with Gasteiger partial charge in [0.05, 0.1) is 0 Å². The van der Waals surface area contributed by atoms with Crippen LogP contribution in [-0.4, -0.2) is 11.6 Å². The zero-order valence-corrected chi connectivity index (χ0v) is 12.5. The predicted octanol–water partition coefficient (Wildman–Crippen LogP) is 3.27. The maximum absolute atomic E-state index is 12.5. The number of Topliss-reactive ketones (excluding diaryl/α,β-unsaturated/α-hetero) is 2. The van der Waals surface area contributed by atoms with Crippen LogP contribution in [0.25, 0.3) is 0 Å².